The second-order valence-electron chi connectivity index (χ2n) is 11.1. The maximum Gasteiger partial charge on any atom is 0.327 e. The molecule has 1 aliphatic rings. The number of nitrogens with one attached hydrogen (secondary N) is 1. The molecular formula is C27H48N6O7. The largest absolute Gasteiger partial charge is 0.465 e. The van der Waals surface area contributed by atoms with Gasteiger partial charge in [0.15, 0.2) is 17.3 Å². The van der Waals surface area contributed by atoms with Gasteiger partial charge >= 0.3 is 5.97 Å². The second kappa shape index (κ2) is 15.3. The summed E-state index contributed by atoms with van der Waals surface area (Å²) in [7, 11) is 0. The fourth-order valence-electron chi connectivity index (χ4n) is 5.74. The summed E-state index contributed by atoms with van der Waals surface area (Å²) in [6.07, 6.45) is 0.420. The SMILES string of the molecule is CCOC(=O)C1(N)CCC(C(=O)C(CC(C)C)NC(C)=O)C1(C(=O)C(N)CCCCN)C(=O)C(N)CCC(N)=O. The van der Waals surface area contributed by atoms with Crippen molar-refractivity contribution in [3.8, 4) is 0 Å². The number of unbranched alkanes of at least 4 members (excludes halogenated alkanes) is 1. The van der Waals surface area contributed by atoms with Crippen molar-refractivity contribution in [2.24, 2.45) is 45.9 Å². The Morgan fingerprint density at radius 1 is 1.00 bits per heavy atom. The third kappa shape index (κ3) is 7.71. The van der Waals surface area contributed by atoms with E-state index in [1.807, 2.05) is 13.8 Å². The molecule has 0 aromatic heterocycles. The van der Waals surface area contributed by atoms with Gasteiger partial charge in [-0.25, -0.2) is 0 Å². The lowest BCUT2D eigenvalue weighted by molar-refractivity contribution is -0.167. The van der Waals surface area contributed by atoms with Gasteiger partial charge in [0.25, 0.3) is 0 Å². The molecule has 2 amide bonds. The first-order valence-corrected chi connectivity index (χ1v) is 14.0. The van der Waals surface area contributed by atoms with Crippen LogP contribution in [0.3, 0.4) is 0 Å². The summed E-state index contributed by atoms with van der Waals surface area (Å²) >= 11 is 0. The monoisotopic (exact) mass is 568 g/mol. The highest BCUT2D eigenvalue weighted by Gasteiger charge is 2.73. The topological polar surface area (TPSA) is 254 Å². The Kier molecular flexibility index (Phi) is 13.5. The molecule has 40 heavy (non-hydrogen) atoms. The lowest BCUT2D eigenvalue weighted by Crippen LogP contribution is -2.72. The van der Waals surface area contributed by atoms with Gasteiger partial charge in [-0.1, -0.05) is 20.3 Å². The molecule has 11 N–H and O–H groups in total. The van der Waals surface area contributed by atoms with E-state index in [0.29, 0.717) is 19.4 Å². The summed E-state index contributed by atoms with van der Waals surface area (Å²) in [5.74, 6) is -6.24. The molecule has 1 saturated carbocycles. The minimum Gasteiger partial charge on any atom is -0.465 e. The molecule has 1 aliphatic carbocycles. The predicted octanol–water partition coefficient (Wildman–Crippen LogP) is -1.05. The van der Waals surface area contributed by atoms with Gasteiger partial charge < -0.3 is 38.7 Å². The number of hydrogen-bond acceptors (Lipinski definition) is 11. The van der Waals surface area contributed by atoms with E-state index >= 15 is 0 Å². The van der Waals surface area contributed by atoms with E-state index in [2.05, 4.69) is 5.32 Å². The molecular weight excluding hydrogens is 520 g/mol. The minimum absolute atomic E-state index is 0.0490. The van der Waals surface area contributed by atoms with Crippen LogP contribution in [0.5, 0.6) is 0 Å². The van der Waals surface area contributed by atoms with Gasteiger partial charge in [0.05, 0.1) is 24.7 Å². The van der Waals surface area contributed by atoms with Crippen molar-refractivity contribution in [3.05, 3.63) is 0 Å². The van der Waals surface area contributed by atoms with Crippen molar-refractivity contribution < 1.29 is 33.5 Å². The summed E-state index contributed by atoms with van der Waals surface area (Å²) in [4.78, 5) is 79.9. The van der Waals surface area contributed by atoms with Crippen LogP contribution in [0.25, 0.3) is 0 Å². The van der Waals surface area contributed by atoms with Crippen LogP contribution in [-0.4, -0.2) is 71.9 Å². The number of esters is 1. The van der Waals surface area contributed by atoms with Crippen LogP contribution >= 0.6 is 0 Å². The molecule has 0 aromatic rings. The molecule has 0 aromatic carbocycles. The van der Waals surface area contributed by atoms with E-state index in [-0.39, 0.29) is 51.0 Å². The number of hydrogen-bond donors (Lipinski definition) is 6. The third-order valence-electron chi connectivity index (χ3n) is 7.59. The van der Waals surface area contributed by atoms with Crippen LogP contribution in [-0.2, 0) is 33.5 Å². The smallest absolute Gasteiger partial charge is 0.327 e. The molecule has 0 heterocycles. The van der Waals surface area contributed by atoms with E-state index in [4.69, 9.17) is 33.4 Å². The van der Waals surface area contributed by atoms with Crippen LogP contribution in [0.15, 0.2) is 0 Å². The third-order valence-corrected chi connectivity index (χ3v) is 7.59. The molecule has 1 rings (SSSR count). The zero-order valence-electron chi connectivity index (χ0n) is 24.2. The van der Waals surface area contributed by atoms with Crippen LogP contribution in [0.4, 0.5) is 0 Å². The number of amides is 2. The van der Waals surface area contributed by atoms with E-state index in [1.54, 1.807) is 0 Å². The van der Waals surface area contributed by atoms with Crippen LogP contribution < -0.4 is 34.0 Å². The second-order valence-corrected chi connectivity index (χ2v) is 11.1. The Balaban J connectivity index is 3.94. The van der Waals surface area contributed by atoms with Crippen molar-refractivity contribution in [2.75, 3.05) is 13.2 Å². The van der Waals surface area contributed by atoms with Gasteiger partial charge in [-0.05, 0) is 57.9 Å². The van der Waals surface area contributed by atoms with Gasteiger partial charge in [-0.15, -0.1) is 0 Å². The van der Waals surface area contributed by atoms with Gasteiger partial charge in [0.1, 0.15) is 11.0 Å². The van der Waals surface area contributed by atoms with Gasteiger partial charge in [0.2, 0.25) is 11.8 Å². The molecule has 0 spiro atoms. The quantitative estimate of drug-likeness (QED) is 0.0660. The molecule has 0 saturated heterocycles. The first-order valence-electron chi connectivity index (χ1n) is 14.0. The summed E-state index contributed by atoms with van der Waals surface area (Å²) < 4.78 is 5.24. The number of ether oxygens (including phenoxy) is 1. The summed E-state index contributed by atoms with van der Waals surface area (Å²) in [6, 6.07) is -3.82. The molecule has 13 nitrogen and oxygen atoms in total. The predicted molar refractivity (Wildman–Crippen MR) is 148 cm³/mol. The fourth-order valence-corrected chi connectivity index (χ4v) is 5.74. The van der Waals surface area contributed by atoms with E-state index in [0.717, 1.165) is 0 Å². The minimum atomic E-state index is -2.50. The average molecular weight is 569 g/mol. The van der Waals surface area contributed by atoms with Crippen molar-refractivity contribution in [2.45, 2.75) is 103 Å². The number of nitrogens with two attached hydrogens (primary N) is 5. The van der Waals surface area contributed by atoms with Crippen LogP contribution in [0, 0.1) is 17.3 Å². The Morgan fingerprint density at radius 2 is 1.57 bits per heavy atom. The Labute approximate surface area is 236 Å². The number of primary amides is 1. The molecule has 0 aliphatic heterocycles. The molecule has 6 unspecified atom stereocenters. The van der Waals surface area contributed by atoms with Crippen molar-refractivity contribution >= 4 is 35.1 Å². The number of carbonyl (C=O) groups excluding carboxylic acids is 6. The van der Waals surface area contributed by atoms with Crippen LogP contribution in [0.1, 0.15) is 79.1 Å². The normalized spacial score (nSPS) is 24.7. The lowest BCUT2D eigenvalue weighted by atomic mass is 9.57. The lowest BCUT2D eigenvalue weighted by Gasteiger charge is -2.45. The molecule has 228 valence electrons. The molecule has 0 bridgehead atoms. The zero-order chi connectivity index (χ0) is 30.8. The molecule has 1 fully saturated rings. The standard InChI is InChI=1S/C27H48N6O7/c1-5-40-25(39)26(32)12-11-17(22(36)20(14-15(2)3)33-16(4)34)27(26,23(37)18(29)8-6-7-13-28)24(38)19(30)9-10-21(31)35/h15,17-20H,5-14,28-30,32H2,1-4H3,(H2,31,35)(H,33,34). The summed E-state index contributed by atoms with van der Waals surface area (Å²) in [5, 5.41) is 2.62. The average Bonchev–Trinajstić information content (AvgIpc) is 3.19. The van der Waals surface area contributed by atoms with Crippen LogP contribution in [0.2, 0.25) is 0 Å². The van der Waals surface area contributed by atoms with E-state index in [9.17, 15) is 28.8 Å². The van der Waals surface area contributed by atoms with Crippen molar-refractivity contribution in [1.29, 1.82) is 0 Å². The first-order chi connectivity index (χ1) is 18.6. The Morgan fingerprint density at radius 3 is 2.05 bits per heavy atom. The number of ketones is 3. The Hall–Kier alpha value is -2.74. The summed E-state index contributed by atoms with van der Waals surface area (Å²) in [6.45, 7) is 6.72. The molecule has 6 atom stereocenters. The van der Waals surface area contributed by atoms with E-state index < -0.39 is 70.1 Å². The van der Waals surface area contributed by atoms with Gasteiger partial charge in [-0.2, -0.15) is 0 Å². The fraction of sp³-hybridized carbons (Fsp3) is 0.778. The molecule has 13 heteroatoms. The van der Waals surface area contributed by atoms with E-state index in [1.165, 1.54) is 13.8 Å². The van der Waals surface area contributed by atoms with Gasteiger partial charge in [0, 0.05) is 19.3 Å². The molecule has 0 radical (unpaired) electrons. The zero-order valence-corrected chi connectivity index (χ0v) is 24.2. The Bertz CT molecular complexity index is 958. The highest BCUT2D eigenvalue weighted by atomic mass is 16.5. The number of carbonyl (C=O) groups is 6. The van der Waals surface area contributed by atoms with Gasteiger partial charge in [-0.3, -0.25) is 28.8 Å². The number of rotatable bonds is 18. The van der Waals surface area contributed by atoms with Crippen molar-refractivity contribution in [1.82, 2.24) is 5.32 Å². The first kappa shape index (κ1) is 35.3. The highest BCUT2D eigenvalue weighted by Crippen LogP contribution is 2.53. The van der Waals surface area contributed by atoms with Crippen molar-refractivity contribution in [3.63, 3.8) is 0 Å². The number of Topliss-reactive ketones (excluding diaryl/α,β-unsaturated/α-hetero) is 3. The maximum atomic E-state index is 14.4. The highest BCUT2D eigenvalue weighted by molar-refractivity contribution is 6.19. The maximum absolute atomic E-state index is 14.4. The summed E-state index contributed by atoms with van der Waals surface area (Å²) in [5.41, 5.74) is 25.3.